The molecular formula is C17H22N2O3. The summed E-state index contributed by atoms with van der Waals surface area (Å²) in [6, 6.07) is 17.5. The van der Waals surface area contributed by atoms with E-state index >= 15 is 0 Å². The van der Waals surface area contributed by atoms with Crippen LogP contribution in [0.15, 0.2) is 54.6 Å². The van der Waals surface area contributed by atoms with Crippen LogP contribution in [0.2, 0.25) is 0 Å². The number of hydrogen-bond acceptors (Lipinski definition) is 5. The molecule has 0 aliphatic carbocycles. The fourth-order valence-corrected chi connectivity index (χ4v) is 2.31. The Morgan fingerprint density at radius 1 is 0.909 bits per heavy atom. The van der Waals surface area contributed by atoms with Crippen molar-refractivity contribution in [3.63, 3.8) is 0 Å². The first-order valence-corrected chi connectivity index (χ1v) is 7.25. The van der Waals surface area contributed by atoms with Crippen LogP contribution in [0.1, 0.15) is 12.5 Å². The molecule has 5 N–H and O–H groups in total. The van der Waals surface area contributed by atoms with Gasteiger partial charge in [0.05, 0.1) is 12.1 Å². The Balaban J connectivity index is 1.99. The molecule has 1 unspecified atom stereocenters. The van der Waals surface area contributed by atoms with Crippen molar-refractivity contribution in [3.8, 4) is 11.1 Å². The quantitative estimate of drug-likeness (QED) is 0.395. The Hall–Kier alpha value is -1.76. The van der Waals surface area contributed by atoms with Gasteiger partial charge in [-0.1, -0.05) is 54.6 Å². The molecule has 0 saturated heterocycles. The van der Waals surface area contributed by atoms with Gasteiger partial charge in [-0.25, -0.2) is 0 Å². The molecule has 0 aliphatic heterocycles. The standard InChI is InChI=1S/C17H22N2O3/c1-12(20)16(17(21)19-22)18-11-13-7-9-15(10-8-13)14-5-3-2-4-6-14/h2-10,12,16-22H,11H2,1H3/t12-,16+,17?/m0/s1. The monoisotopic (exact) mass is 302 g/mol. The number of aliphatic hydroxyl groups excluding tert-OH is 2. The van der Waals surface area contributed by atoms with E-state index in [9.17, 15) is 10.2 Å². The van der Waals surface area contributed by atoms with E-state index in [1.165, 1.54) is 0 Å². The first kappa shape index (κ1) is 16.6. The molecule has 5 nitrogen and oxygen atoms in total. The fourth-order valence-electron chi connectivity index (χ4n) is 2.31. The highest BCUT2D eigenvalue weighted by molar-refractivity contribution is 5.63. The van der Waals surface area contributed by atoms with Crippen LogP contribution in [0.3, 0.4) is 0 Å². The zero-order chi connectivity index (χ0) is 15.9. The summed E-state index contributed by atoms with van der Waals surface area (Å²) in [7, 11) is 0. The molecule has 2 rings (SSSR count). The number of hydroxylamine groups is 1. The van der Waals surface area contributed by atoms with Crippen LogP contribution in [0.25, 0.3) is 11.1 Å². The normalized spacial score (nSPS) is 15.3. The van der Waals surface area contributed by atoms with E-state index in [0.29, 0.717) is 6.54 Å². The summed E-state index contributed by atoms with van der Waals surface area (Å²) in [6.45, 7) is 2.03. The SMILES string of the molecule is C[C@H](O)[C@@H](NCc1ccc(-c2ccccc2)cc1)C(O)NO. The van der Waals surface area contributed by atoms with Gasteiger partial charge in [0.25, 0.3) is 0 Å². The van der Waals surface area contributed by atoms with Crippen LogP contribution in [0.4, 0.5) is 0 Å². The lowest BCUT2D eigenvalue weighted by atomic mass is 10.0. The molecule has 0 radical (unpaired) electrons. The lowest BCUT2D eigenvalue weighted by Crippen LogP contribution is -2.52. The Kier molecular flexibility index (Phi) is 6.06. The van der Waals surface area contributed by atoms with E-state index in [4.69, 9.17) is 5.21 Å². The third kappa shape index (κ3) is 4.37. The third-order valence-electron chi connectivity index (χ3n) is 3.60. The summed E-state index contributed by atoms with van der Waals surface area (Å²) >= 11 is 0. The molecule has 0 aromatic heterocycles. The Labute approximate surface area is 130 Å². The van der Waals surface area contributed by atoms with Crippen LogP contribution < -0.4 is 10.8 Å². The van der Waals surface area contributed by atoms with E-state index in [0.717, 1.165) is 16.7 Å². The van der Waals surface area contributed by atoms with E-state index in [1.807, 2.05) is 42.5 Å². The third-order valence-corrected chi connectivity index (χ3v) is 3.60. The predicted molar refractivity (Wildman–Crippen MR) is 85.1 cm³/mol. The molecule has 118 valence electrons. The van der Waals surface area contributed by atoms with Crippen molar-refractivity contribution < 1.29 is 15.4 Å². The highest BCUT2D eigenvalue weighted by atomic mass is 16.5. The second-order valence-electron chi connectivity index (χ2n) is 5.28. The Morgan fingerprint density at radius 3 is 2.05 bits per heavy atom. The van der Waals surface area contributed by atoms with Gasteiger partial charge in [-0.15, -0.1) is 0 Å². The van der Waals surface area contributed by atoms with E-state index < -0.39 is 18.4 Å². The predicted octanol–water partition coefficient (Wildman–Crippen LogP) is 1.49. The zero-order valence-corrected chi connectivity index (χ0v) is 12.5. The van der Waals surface area contributed by atoms with E-state index in [2.05, 4.69) is 17.4 Å². The second-order valence-corrected chi connectivity index (χ2v) is 5.28. The zero-order valence-electron chi connectivity index (χ0n) is 12.5. The van der Waals surface area contributed by atoms with Crippen molar-refractivity contribution in [2.24, 2.45) is 0 Å². The van der Waals surface area contributed by atoms with Gasteiger partial charge < -0.3 is 20.7 Å². The molecule has 0 aliphatic rings. The van der Waals surface area contributed by atoms with Gasteiger partial charge in [-0.2, -0.15) is 5.48 Å². The highest BCUT2D eigenvalue weighted by Gasteiger charge is 2.22. The number of benzene rings is 2. The van der Waals surface area contributed by atoms with Gasteiger partial charge in [0.15, 0.2) is 0 Å². The van der Waals surface area contributed by atoms with Crippen molar-refractivity contribution in [3.05, 3.63) is 60.2 Å². The Morgan fingerprint density at radius 2 is 1.50 bits per heavy atom. The number of aliphatic hydroxyl groups is 2. The van der Waals surface area contributed by atoms with Gasteiger partial charge in [-0.05, 0) is 23.6 Å². The minimum Gasteiger partial charge on any atom is -0.392 e. The Bertz CT molecular complexity index is 558. The average Bonchev–Trinajstić information content (AvgIpc) is 2.56. The molecule has 0 bridgehead atoms. The molecule has 0 saturated carbocycles. The molecule has 22 heavy (non-hydrogen) atoms. The van der Waals surface area contributed by atoms with Crippen LogP contribution in [0, 0.1) is 0 Å². The maximum atomic E-state index is 9.61. The van der Waals surface area contributed by atoms with Gasteiger partial charge in [0, 0.05) is 6.54 Å². The number of nitrogens with one attached hydrogen (secondary N) is 2. The first-order chi connectivity index (χ1) is 10.6. The van der Waals surface area contributed by atoms with Crippen molar-refractivity contribution in [2.75, 3.05) is 0 Å². The maximum Gasteiger partial charge on any atom is 0.144 e. The molecule has 0 heterocycles. The lowest BCUT2D eigenvalue weighted by molar-refractivity contribution is -0.0488. The summed E-state index contributed by atoms with van der Waals surface area (Å²) in [4.78, 5) is 0. The summed E-state index contributed by atoms with van der Waals surface area (Å²) in [5.74, 6) is 0. The fraction of sp³-hybridized carbons (Fsp3) is 0.294. The van der Waals surface area contributed by atoms with Gasteiger partial charge in [0.2, 0.25) is 0 Å². The van der Waals surface area contributed by atoms with Crippen molar-refractivity contribution >= 4 is 0 Å². The summed E-state index contributed by atoms with van der Waals surface area (Å²) in [5.41, 5.74) is 5.06. The summed E-state index contributed by atoms with van der Waals surface area (Å²) in [5, 5.41) is 31.0. The minimum absolute atomic E-state index is 0.476. The van der Waals surface area contributed by atoms with Crippen molar-refractivity contribution in [1.29, 1.82) is 0 Å². The topological polar surface area (TPSA) is 84.8 Å². The summed E-state index contributed by atoms with van der Waals surface area (Å²) < 4.78 is 0. The van der Waals surface area contributed by atoms with Crippen LogP contribution in [0.5, 0.6) is 0 Å². The van der Waals surface area contributed by atoms with E-state index in [-0.39, 0.29) is 0 Å². The molecule has 2 aromatic carbocycles. The van der Waals surface area contributed by atoms with Crippen molar-refractivity contribution in [2.45, 2.75) is 31.8 Å². The molecule has 5 heteroatoms. The molecule has 2 aromatic rings. The van der Waals surface area contributed by atoms with Gasteiger partial charge in [0.1, 0.15) is 6.23 Å². The lowest BCUT2D eigenvalue weighted by Gasteiger charge is -2.25. The van der Waals surface area contributed by atoms with Crippen LogP contribution in [-0.2, 0) is 6.54 Å². The molecule has 3 atom stereocenters. The molecular weight excluding hydrogens is 280 g/mol. The van der Waals surface area contributed by atoms with E-state index in [1.54, 1.807) is 12.4 Å². The second kappa shape index (κ2) is 8.03. The molecule has 0 amide bonds. The highest BCUT2D eigenvalue weighted by Crippen LogP contribution is 2.19. The molecule has 0 spiro atoms. The maximum absolute atomic E-state index is 9.61. The van der Waals surface area contributed by atoms with Crippen LogP contribution >= 0.6 is 0 Å². The molecule has 0 fully saturated rings. The van der Waals surface area contributed by atoms with Crippen LogP contribution in [-0.4, -0.2) is 33.8 Å². The largest absolute Gasteiger partial charge is 0.392 e. The van der Waals surface area contributed by atoms with Crippen molar-refractivity contribution in [1.82, 2.24) is 10.8 Å². The minimum atomic E-state index is -1.23. The number of hydrogen-bond donors (Lipinski definition) is 5. The summed E-state index contributed by atoms with van der Waals surface area (Å²) in [6.07, 6.45) is -2.04. The smallest absolute Gasteiger partial charge is 0.144 e. The average molecular weight is 302 g/mol. The van der Waals surface area contributed by atoms with Gasteiger partial charge in [-0.3, -0.25) is 0 Å². The van der Waals surface area contributed by atoms with Gasteiger partial charge >= 0.3 is 0 Å². The number of rotatable bonds is 7. The first-order valence-electron chi connectivity index (χ1n) is 7.25.